The van der Waals surface area contributed by atoms with E-state index in [0.29, 0.717) is 0 Å². The predicted molar refractivity (Wildman–Crippen MR) is 290 cm³/mol. The maximum atomic E-state index is 6.46. The van der Waals surface area contributed by atoms with Gasteiger partial charge < -0.3 is 9.32 Å². The van der Waals surface area contributed by atoms with Crippen LogP contribution in [0, 0.1) is 0 Å². The van der Waals surface area contributed by atoms with Gasteiger partial charge in [-0.15, -0.1) is 0 Å². The highest BCUT2D eigenvalue weighted by molar-refractivity contribution is 6.18. The van der Waals surface area contributed by atoms with Gasteiger partial charge in [0.05, 0.1) is 11.1 Å². The molecular formula is C67H45NO. The molecule has 324 valence electrons. The maximum Gasteiger partial charge on any atom is 0.136 e. The fourth-order valence-electron chi connectivity index (χ4n) is 12.1. The van der Waals surface area contributed by atoms with E-state index in [2.05, 4.69) is 248 Å². The fraction of sp³-hybridized carbons (Fsp3) is 0.0448. The predicted octanol–water partition coefficient (Wildman–Crippen LogP) is 18.4. The molecule has 0 saturated heterocycles. The Morgan fingerprint density at radius 2 is 1.07 bits per heavy atom. The molecule has 1 aromatic heterocycles. The van der Waals surface area contributed by atoms with Crippen molar-refractivity contribution < 1.29 is 4.42 Å². The van der Waals surface area contributed by atoms with E-state index in [1.807, 2.05) is 6.07 Å². The molecule has 0 amide bonds. The molecule has 0 bridgehead atoms. The number of rotatable bonds is 7. The SMILES string of the molecule is C1=CCCC(C2(c3ccccc3)c3ccccc3-c3ccc(N(c4ccc(-c5ccc6ccccc6c5-c5cccc6oc7ccccc7c56)cc4)c4cc5ccccc5c5ccccc45)cc32)=C1. The van der Waals surface area contributed by atoms with Crippen molar-refractivity contribution in [1.82, 2.24) is 0 Å². The van der Waals surface area contributed by atoms with E-state index in [-0.39, 0.29) is 0 Å². The third kappa shape index (κ3) is 5.98. The second kappa shape index (κ2) is 15.7. The normalized spacial score (nSPS) is 15.2. The second-order valence-electron chi connectivity index (χ2n) is 18.6. The number of allylic oxidation sites excluding steroid dienone is 4. The summed E-state index contributed by atoms with van der Waals surface area (Å²) in [5, 5.41) is 9.59. The minimum absolute atomic E-state index is 0.454. The summed E-state index contributed by atoms with van der Waals surface area (Å²) in [6.07, 6.45) is 8.97. The van der Waals surface area contributed by atoms with Crippen molar-refractivity contribution in [2.24, 2.45) is 0 Å². The van der Waals surface area contributed by atoms with Crippen LogP contribution in [0.1, 0.15) is 29.5 Å². The first-order chi connectivity index (χ1) is 34.2. The lowest BCUT2D eigenvalue weighted by Crippen LogP contribution is -2.30. The van der Waals surface area contributed by atoms with E-state index in [9.17, 15) is 0 Å². The van der Waals surface area contributed by atoms with Crippen LogP contribution < -0.4 is 4.90 Å². The highest BCUT2D eigenvalue weighted by atomic mass is 16.3. The van der Waals surface area contributed by atoms with Crippen molar-refractivity contribution in [1.29, 1.82) is 0 Å². The van der Waals surface area contributed by atoms with Gasteiger partial charge in [-0.1, -0.05) is 212 Å². The highest BCUT2D eigenvalue weighted by Crippen LogP contribution is 2.59. The van der Waals surface area contributed by atoms with Crippen molar-refractivity contribution in [3.05, 3.63) is 271 Å². The first-order valence-corrected chi connectivity index (χ1v) is 24.1. The number of benzene rings is 11. The van der Waals surface area contributed by atoms with Crippen LogP contribution in [0.2, 0.25) is 0 Å². The lowest BCUT2D eigenvalue weighted by atomic mass is 9.65. The van der Waals surface area contributed by atoms with E-state index < -0.39 is 5.41 Å². The van der Waals surface area contributed by atoms with Gasteiger partial charge in [-0.3, -0.25) is 0 Å². The standard InChI is InChI=1S/C67H45NO/c1-3-20-47(21-4-1)67(48-22-5-2-6-23-48)60-31-15-13-27-55(60)56-41-39-50(43-61(56)67)68(62-42-46-19-8-9-24-51(46)54-26-11-12-28-57(54)62)49-37-34-45(35-38-49)53-40-36-44-18-7-10-25-52(44)65(53)59-30-17-33-64-66(59)58-29-14-16-32-63(58)69-64/h1-5,7-22,24-43H,6,23H2. The van der Waals surface area contributed by atoms with Crippen LogP contribution in [0.15, 0.2) is 259 Å². The van der Waals surface area contributed by atoms with E-state index in [1.54, 1.807) is 0 Å². The van der Waals surface area contributed by atoms with Gasteiger partial charge in [0, 0.05) is 27.5 Å². The Balaban J connectivity index is 1.01. The van der Waals surface area contributed by atoms with Crippen LogP contribution in [-0.2, 0) is 5.41 Å². The molecule has 0 saturated carbocycles. The lowest BCUT2D eigenvalue weighted by molar-refractivity contribution is 0.669. The number of hydrogen-bond donors (Lipinski definition) is 0. The second-order valence-corrected chi connectivity index (χ2v) is 18.6. The van der Waals surface area contributed by atoms with Crippen molar-refractivity contribution in [2.45, 2.75) is 18.3 Å². The Hall–Kier alpha value is -8.72. The van der Waals surface area contributed by atoms with E-state index >= 15 is 0 Å². The number of para-hydroxylation sites is 1. The van der Waals surface area contributed by atoms with Crippen molar-refractivity contribution in [2.75, 3.05) is 4.90 Å². The van der Waals surface area contributed by atoms with Gasteiger partial charge >= 0.3 is 0 Å². The van der Waals surface area contributed by atoms with Crippen molar-refractivity contribution in [3.8, 4) is 33.4 Å². The summed E-state index contributed by atoms with van der Waals surface area (Å²) in [5.74, 6) is 0. The zero-order valence-corrected chi connectivity index (χ0v) is 37.9. The zero-order valence-electron chi connectivity index (χ0n) is 37.9. The summed E-state index contributed by atoms with van der Waals surface area (Å²) in [6.45, 7) is 0. The molecule has 1 atom stereocenters. The molecule has 1 heterocycles. The monoisotopic (exact) mass is 879 g/mol. The van der Waals surface area contributed by atoms with E-state index in [1.165, 1.54) is 82.4 Å². The van der Waals surface area contributed by atoms with Crippen LogP contribution in [0.3, 0.4) is 0 Å². The van der Waals surface area contributed by atoms with Crippen LogP contribution in [0.4, 0.5) is 17.1 Å². The van der Waals surface area contributed by atoms with Gasteiger partial charge in [0.25, 0.3) is 0 Å². The molecular weight excluding hydrogens is 835 g/mol. The Morgan fingerprint density at radius 1 is 0.420 bits per heavy atom. The van der Waals surface area contributed by atoms with Gasteiger partial charge in [-0.05, 0) is 132 Å². The average molecular weight is 880 g/mol. The molecule has 0 fully saturated rings. The molecule has 2 aliphatic carbocycles. The Bertz CT molecular complexity index is 4080. The van der Waals surface area contributed by atoms with Gasteiger partial charge in [0.15, 0.2) is 0 Å². The number of nitrogens with zero attached hydrogens (tertiary/aromatic N) is 1. The number of furan rings is 1. The molecule has 11 aromatic carbocycles. The molecule has 0 aliphatic heterocycles. The summed E-state index contributed by atoms with van der Waals surface area (Å²) >= 11 is 0. The Morgan fingerprint density at radius 3 is 1.91 bits per heavy atom. The lowest BCUT2D eigenvalue weighted by Gasteiger charge is -2.37. The molecule has 12 aromatic rings. The van der Waals surface area contributed by atoms with Gasteiger partial charge in [-0.25, -0.2) is 0 Å². The van der Waals surface area contributed by atoms with Gasteiger partial charge in [0.1, 0.15) is 11.2 Å². The molecule has 2 nitrogen and oxygen atoms in total. The minimum Gasteiger partial charge on any atom is -0.456 e. The fourth-order valence-corrected chi connectivity index (χ4v) is 12.1. The average Bonchev–Trinajstić information content (AvgIpc) is 3.95. The Labute approximate surface area is 401 Å². The molecule has 69 heavy (non-hydrogen) atoms. The van der Waals surface area contributed by atoms with Crippen LogP contribution in [0.25, 0.3) is 87.6 Å². The van der Waals surface area contributed by atoms with Crippen LogP contribution in [-0.4, -0.2) is 0 Å². The van der Waals surface area contributed by atoms with E-state index in [4.69, 9.17) is 4.42 Å². The minimum atomic E-state index is -0.454. The van der Waals surface area contributed by atoms with Crippen molar-refractivity contribution in [3.63, 3.8) is 0 Å². The number of fused-ring (bicyclic) bond motifs is 10. The summed E-state index contributed by atoms with van der Waals surface area (Å²) in [4.78, 5) is 2.51. The third-order valence-corrected chi connectivity index (χ3v) is 15.0. The first-order valence-electron chi connectivity index (χ1n) is 24.1. The maximum absolute atomic E-state index is 6.46. The van der Waals surface area contributed by atoms with E-state index in [0.717, 1.165) is 57.4 Å². The van der Waals surface area contributed by atoms with Crippen molar-refractivity contribution >= 4 is 71.3 Å². The molecule has 2 heteroatoms. The van der Waals surface area contributed by atoms with Gasteiger partial charge in [0.2, 0.25) is 0 Å². The highest BCUT2D eigenvalue weighted by Gasteiger charge is 2.47. The summed E-state index contributed by atoms with van der Waals surface area (Å²) in [5.41, 5.74) is 17.4. The largest absolute Gasteiger partial charge is 0.456 e. The summed E-state index contributed by atoms with van der Waals surface area (Å²) < 4.78 is 6.46. The molecule has 0 N–H and O–H groups in total. The quantitative estimate of drug-likeness (QED) is 0.148. The molecule has 1 unspecified atom stereocenters. The molecule has 0 radical (unpaired) electrons. The first kappa shape index (κ1) is 39.4. The van der Waals surface area contributed by atoms with Gasteiger partial charge in [-0.2, -0.15) is 0 Å². The molecule has 14 rings (SSSR count). The zero-order chi connectivity index (χ0) is 45.5. The third-order valence-electron chi connectivity index (χ3n) is 15.0. The Kier molecular flexibility index (Phi) is 8.97. The topological polar surface area (TPSA) is 16.4 Å². The number of hydrogen-bond acceptors (Lipinski definition) is 2. The number of anilines is 3. The molecule has 2 aliphatic rings. The summed E-state index contributed by atoms with van der Waals surface area (Å²) in [6, 6.07) is 85.2. The van der Waals surface area contributed by atoms with Crippen LogP contribution in [0.5, 0.6) is 0 Å². The van der Waals surface area contributed by atoms with Crippen LogP contribution >= 0.6 is 0 Å². The smallest absolute Gasteiger partial charge is 0.136 e. The molecule has 0 spiro atoms. The summed E-state index contributed by atoms with van der Waals surface area (Å²) in [7, 11) is 0.